The van der Waals surface area contributed by atoms with Gasteiger partial charge in [-0.25, -0.2) is 4.98 Å². The molecule has 1 fully saturated rings. The first kappa shape index (κ1) is 25.9. The topological polar surface area (TPSA) is 52.3 Å². The van der Waals surface area contributed by atoms with Crippen LogP contribution in [0.5, 0.6) is 0 Å². The van der Waals surface area contributed by atoms with Gasteiger partial charge in [0.15, 0.2) is 5.43 Å². The Hall–Kier alpha value is -2.68. The van der Waals surface area contributed by atoms with E-state index in [4.69, 9.17) is 12.6 Å². The minimum Gasteiger partial charge on any atom is -0.361 e. The highest BCUT2D eigenvalue weighted by Crippen LogP contribution is 2.32. The smallest absolute Gasteiger partial charge is 0.190 e. The van der Waals surface area contributed by atoms with Gasteiger partial charge >= 0.3 is 0 Å². The van der Waals surface area contributed by atoms with Gasteiger partial charge < -0.3 is 13.9 Å². The molecule has 1 aromatic carbocycles. The lowest BCUT2D eigenvalue weighted by molar-refractivity contribution is 0.0900. The van der Waals surface area contributed by atoms with E-state index in [1.807, 2.05) is 17.0 Å². The molecule has 0 saturated carbocycles. The molecule has 0 unspecified atom stereocenters. The Kier molecular flexibility index (Phi) is 7.43. The molecule has 2 atom stereocenters. The number of likely N-dealkylation sites (tertiary alicyclic amines) is 1. The van der Waals surface area contributed by atoms with Crippen molar-refractivity contribution in [3.8, 4) is 0 Å². The first-order valence-corrected chi connectivity index (χ1v) is 17.0. The number of fused-ring (bicyclic) bond motifs is 3. The Balaban J connectivity index is 1.51. The molecule has 8 heteroatoms. The van der Waals surface area contributed by atoms with E-state index in [2.05, 4.69) is 71.3 Å². The second kappa shape index (κ2) is 10.6. The molecular weight excluding hydrogens is 475 g/mol. The van der Waals surface area contributed by atoms with Crippen LogP contribution >= 0.6 is 0 Å². The van der Waals surface area contributed by atoms with Crippen molar-refractivity contribution in [3.05, 3.63) is 70.8 Å². The Bertz CT molecular complexity index is 1440. The van der Waals surface area contributed by atoms with Gasteiger partial charge in [0.05, 0.1) is 10.9 Å². The predicted octanol–water partition coefficient (Wildman–Crippen LogP) is 4.54. The molecule has 3 aromatic heterocycles. The SMILES string of the molecule is [B]c1cn(COCC[Si](C)(C)C)c2ncc3c(=O)ccn([C@H]4CN(Cc5ccccc5)CC[C@H]4C)c3c12. The van der Waals surface area contributed by atoms with Gasteiger partial charge in [-0.05, 0) is 30.5 Å². The summed E-state index contributed by atoms with van der Waals surface area (Å²) in [6.45, 7) is 13.4. The molecule has 2 radical (unpaired) electrons. The zero-order valence-corrected chi connectivity index (χ0v) is 23.5. The number of hydrogen-bond acceptors (Lipinski definition) is 4. The van der Waals surface area contributed by atoms with Gasteiger partial charge in [-0.2, -0.15) is 0 Å². The summed E-state index contributed by atoms with van der Waals surface area (Å²) in [7, 11) is 5.43. The average molecular weight is 513 g/mol. The Morgan fingerprint density at radius 2 is 1.95 bits per heavy atom. The molecule has 192 valence electrons. The van der Waals surface area contributed by atoms with Crippen molar-refractivity contribution >= 4 is 43.3 Å². The molecule has 6 nitrogen and oxygen atoms in total. The van der Waals surface area contributed by atoms with E-state index in [0.29, 0.717) is 23.5 Å². The van der Waals surface area contributed by atoms with Crippen molar-refractivity contribution in [2.75, 3.05) is 19.7 Å². The summed E-state index contributed by atoms with van der Waals surface area (Å²) in [6, 6.07) is 13.6. The molecule has 0 aliphatic carbocycles. The molecule has 4 aromatic rings. The van der Waals surface area contributed by atoms with Crippen molar-refractivity contribution in [3.63, 3.8) is 0 Å². The quantitative estimate of drug-likeness (QED) is 0.257. The monoisotopic (exact) mass is 512 g/mol. The summed E-state index contributed by atoms with van der Waals surface area (Å²) in [4.78, 5) is 20.1. The maximum atomic E-state index is 12.9. The van der Waals surface area contributed by atoms with Gasteiger partial charge in [-0.3, -0.25) is 9.69 Å². The lowest BCUT2D eigenvalue weighted by Crippen LogP contribution is -2.40. The average Bonchev–Trinajstić information content (AvgIpc) is 3.19. The maximum absolute atomic E-state index is 12.9. The van der Waals surface area contributed by atoms with E-state index < -0.39 is 8.07 Å². The van der Waals surface area contributed by atoms with Gasteiger partial charge in [0, 0.05) is 63.9 Å². The fourth-order valence-electron chi connectivity index (χ4n) is 5.41. The summed E-state index contributed by atoms with van der Waals surface area (Å²) in [6.07, 6.45) is 6.67. The second-order valence-electron chi connectivity index (χ2n) is 11.8. The Morgan fingerprint density at radius 1 is 1.16 bits per heavy atom. The highest BCUT2D eigenvalue weighted by molar-refractivity contribution is 6.76. The molecule has 0 spiro atoms. The number of nitrogens with zero attached hydrogens (tertiary/aromatic N) is 4. The second-order valence-corrected chi connectivity index (χ2v) is 17.4. The minimum absolute atomic E-state index is 0.0243. The molecule has 5 rings (SSSR count). The molecule has 1 aliphatic rings. The number of pyridine rings is 2. The molecule has 4 heterocycles. The van der Waals surface area contributed by atoms with Crippen molar-refractivity contribution in [2.45, 2.75) is 58.3 Å². The van der Waals surface area contributed by atoms with E-state index in [1.165, 1.54) is 5.56 Å². The number of ether oxygens (including phenoxy) is 1. The molecule has 0 bridgehead atoms. The zero-order chi connectivity index (χ0) is 26.2. The molecule has 1 saturated heterocycles. The fraction of sp³-hybridized carbons (Fsp3) is 0.448. The number of benzene rings is 1. The Morgan fingerprint density at radius 3 is 2.70 bits per heavy atom. The number of rotatable bonds is 8. The number of hydrogen-bond donors (Lipinski definition) is 0. The van der Waals surface area contributed by atoms with Crippen molar-refractivity contribution in [2.24, 2.45) is 5.92 Å². The van der Waals surface area contributed by atoms with Crippen molar-refractivity contribution < 1.29 is 4.74 Å². The van der Waals surface area contributed by atoms with Crippen molar-refractivity contribution in [1.29, 1.82) is 0 Å². The van der Waals surface area contributed by atoms with Crippen LogP contribution in [0.1, 0.15) is 24.9 Å². The third-order valence-electron chi connectivity index (χ3n) is 7.63. The van der Waals surface area contributed by atoms with Gasteiger partial charge in [0.2, 0.25) is 0 Å². The summed E-state index contributed by atoms with van der Waals surface area (Å²) in [5.41, 5.74) is 3.58. The van der Waals surface area contributed by atoms with Crippen LogP contribution in [0.2, 0.25) is 25.7 Å². The van der Waals surface area contributed by atoms with Crippen LogP contribution in [-0.4, -0.2) is 54.6 Å². The van der Waals surface area contributed by atoms with E-state index in [9.17, 15) is 4.79 Å². The first-order valence-electron chi connectivity index (χ1n) is 13.3. The van der Waals surface area contributed by atoms with Crippen LogP contribution in [-0.2, 0) is 18.0 Å². The highest BCUT2D eigenvalue weighted by Gasteiger charge is 2.29. The summed E-state index contributed by atoms with van der Waals surface area (Å²) >= 11 is 0. The Labute approximate surface area is 221 Å². The summed E-state index contributed by atoms with van der Waals surface area (Å²) in [5.74, 6) is 0.467. The zero-order valence-electron chi connectivity index (χ0n) is 22.5. The first-order chi connectivity index (χ1) is 17.7. The third kappa shape index (κ3) is 5.61. The van der Waals surface area contributed by atoms with E-state index in [0.717, 1.165) is 55.3 Å². The lowest BCUT2D eigenvalue weighted by atomic mass is 9.91. The normalized spacial score (nSPS) is 19.1. The van der Waals surface area contributed by atoms with E-state index in [1.54, 1.807) is 12.3 Å². The standard InChI is InChI=1S/C29H37BN4O2Si/c1-21-10-12-32(17-22-8-6-5-7-9-22)19-25(21)34-13-11-26(35)23-16-31-29-27(28(23)34)24(30)18-33(29)20-36-14-15-37(2,3)4/h5-9,11,13,16,18,21,25H,10,12,14-15,17,19-20H2,1-4H3/t21-,25+/m1/s1. The fourth-order valence-corrected chi connectivity index (χ4v) is 6.16. The minimum atomic E-state index is -1.17. The van der Waals surface area contributed by atoms with E-state index in [-0.39, 0.29) is 11.5 Å². The number of aromatic nitrogens is 3. The molecule has 0 amide bonds. The van der Waals surface area contributed by atoms with Crippen LogP contribution in [0.25, 0.3) is 21.9 Å². The summed E-state index contributed by atoms with van der Waals surface area (Å²) < 4.78 is 10.3. The van der Waals surface area contributed by atoms with E-state index >= 15 is 0 Å². The van der Waals surface area contributed by atoms with Gasteiger partial charge in [-0.1, -0.05) is 62.4 Å². The van der Waals surface area contributed by atoms with Gasteiger partial charge in [0.1, 0.15) is 20.2 Å². The van der Waals surface area contributed by atoms with Crippen LogP contribution < -0.4 is 10.9 Å². The molecular formula is C29H37BN4O2Si. The highest BCUT2D eigenvalue weighted by atomic mass is 28.3. The van der Waals surface area contributed by atoms with Gasteiger partial charge in [0.25, 0.3) is 0 Å². The van der Waals surface area contributed by atoms with Crippen LogP contribution in [0.15, 0.2) is 59.8 Å². The molecule has 37 heavy (non-hydrogen) atoms. The molecule has 0 N–H and O–H groups in total. The maximum Gasteiger partial charge on any atom is 0.190 e. The van der Waals surface area contributed by atoms with Crippen LogP contribution in [0, 0.1) is 5.92 Å². The largest absolute Gasteiger partial charge is 0.361 e. The van der Waals surface area contributed by atoms with Gasteiger partial charge in [-0.15, -0.1) is 0 Å². The predicted molar refractivity (Wildman–Crippen MR) is 156 cm³/mol. The third-order valence-corrected chi connectivity index (χ3v) is 9.34. The summed E-state index contributed by atoms with van der Waals surface area (Å²) in [5, 5.41) is 1.46. The lowest BCUT2D eigenvalue weighted by Gasteiger charge is -2.39. The van der Waals surface area contributed by atoms with Crippen molar-refractivity contribution in [1.82, 2.24) is 19.0 Å². The van der Waals surface area contributed by atoms with Crippen LogP contribution in [0.3, 0.4) is 0 Å². The van der Waals surface area contributed by atoms with Crippen LogP contribution in [0.4, 0.5) is 0 Å². The molecule has 1 aliphatic heterocycles. The number of piperidine rings is 1.